The Labute approximate surface area is 168 Å². The monoisotopic (exact) mass is 388 g/mol. The molecule has 6 heteroatoms. The van der Waals surface area contributed by atoms with E-state index in [2.05, 4.69) is 4.98 Å². The minimum absolute atomic E-state index is 0.0775. The number of aliphatic hydroxyl groups excluding tert-OH is 1. The van der Waals surface area contributed by atoms with Gasteiger partial charge in [-0.1, -0.05) is 42.5 Å². The number of nitrogens with zero attached hydrogens (tertiary/aromatic N) is 2. The molecule has 1 aromatic heterocycles. The minimum Gasteiger partial charge on any atom is -0.507 e. The minimum atomic E-state index is -0.702. The number of ether oxygens (including phenoxy) is 1. The Hall–Kier alpha value is -3.51. The van der Waals surface area contributed by atoms with Crippen LogP contribution in [-0.2, 0) is 14.3 Å². The van der Waals surface area contributed by atoms with Crippen LogP contribution in [-0.4, -0.2) is 46.9 Å². The molecule has 2 heterocycles. The fourth-order valence-corrected chi connectivity index (χ4v) is 3.77. The van der Waals surface area contributed by atoms with E-state index in [1.54, 1.807) is 30.6 Å². The third-order valence-corrected chi connectivity index (χ3v) is 5.14. The summed E-state index contributed by atoms with van der Waals surface area (Å²) in [5, 5.41) is 13.0. The lowest BCUT2D eigenvalue weighted by Gasteiger charge is -2.25. The summed E-state index contributed by atoms with van der Waals surface area (Å²) >= 11 is 0. The summed E-state index contributed by atoms with van der Waals surface area (Å²) in [6.07, 6.45) is 3.20. The van der Waals surface area contributed by atoms with Gasteiger partial charge in [0.2, 0.25) is 0 Å². The van der Waals surface area contributed by atoms with Crippen LogP contribution in [0.5, 0.6) is 0 Å². The molecular formula is C23H20N2O4. The van der Waals surface area contributed by atoms with Gasteiger partial charge in [-0.05, 0) is 28.5 Å². The van der Waals surface area contributed by atoms with Gasteiger partial charge in [-0.3, -0.25) is 14.6 Å². The lowest BCUT2D eigenvalue weighted by molar-refractivity contribution is -0.140. The molecule has 1 amide bonds. The Bertz CT molecular complexity index is 1100. The van der Waals surface area contributed by atoms with E-state index in [1.807, 2.05) is 36.4 Å². The van der Waals surface area contributed by atoms with Crippen LogP contribution in [0.4, 0.5) is 0 Å². The topological polar surface area (TPSA) is 79.7 Å². The van der Waals surface area contributed by atoms with Gasteiger partial charge in [-0.15, -0.1) is 0 Å². The van der Waals surface area contributed by atoms with Crippen LogP contribution in [0.1, 0.15) is 17.2 Å². The number of Topliss-reactive ketones (excluding diaryl/α,β-unsaturated/α-hetero) is 1. The molecule has 6 nitrogen and oxygen atoms in total. The van der Waals surface area contributed by atoms with E-state index in [4.69, 9.17) is 4.74 Å². The average molecular weight is 388 g/mol. The van der Waals surface area contributed by atoms with Gasteiger partial charge in [0.25, 0.3) is 11.7 Å². The van der Waals surface area contributed by atoms with Crippen LogP contribution in [0.2, 0.25) is 0 Å². The summed E-state index contributed by atoms with van der Waals surface area (Å²) < 4.78 is 5.11. The summed E-state index contributed by atoms with van der Waals surface area (Å²) in [7, 11) is 1.54. The first-order valence-electron chi connectivity index (χ1n) is 9.29. The number of methoxy groups -OCH3 is 1. The van der Waals surface area contributed by atoms with Crippen LogP contribution < -0.4 is 0 Å². The van der Waals surface area contributed by atoms with E-state index in [0.29, 0.717) is 11.1 Å². The van der Waals surface area contributed by atoms with Crippen molar-refractivity contribution in [3.63, 3.8) is 0 Å². The molecule has 1 N–H and O–H groups in total. The second-order valence-electron chi connectivity index (χ2n) is 6.79. The second kappa shape index (κ2) is 7.85. The van der Waals surface area contributed by atoms with Gasteiger partial charge in [0.05, 0.1) is 18.2 Å². The Balaban J connectivity index is 1.93. The van der Waals surface area contributed by atoms with Crippen molar-refractivity contribution in [2.75, 3.05) is 20.3 Å². The van der Waals surface area contributed by atoms with Crippen LogP contribution >= 0.6 is 0 Å². The molecular weight excluding hydrogens is 368 g/mol. The van der Waals surface area contributed by atoms with Crippen LogP contribution in [0.15, 0.2) is 72.6 Å². The van der Waals surface area contributed by atoms with Gasteiger partial charge in [0.1, 0.15) is 5.76 Å². The zero-order chi connectivity index (χ0) is 20.4. The first-order chi connectivity index (χ1) is 14.1. The quantitative estimate of drug-likeness (QED) is 0.412. The summed E-state index contributed by atoms with van der Waals surface area (Å²) in [5.74, 6) is -1.53. The largest absolute Gasteiger partial charge is 0.507 e. The van der Waals surface area contributed by atoms with E-state index in [-0.39, 0.29) is 24.5 Å². The number of amides is 1. The van der Waals surface area contributed by atoms with Crippen molar-refractivity contribution in [1.82, 2.24) is 9.88 Å². The summed E-state index contributed by atoms with van der Waals surface area (Å²) in [4.78, 5) is 31.2. The van der Waals surface area contributed by atoms with Gasteiger partial charge >= 0.3 is 0 Å². The van der Waals surface area contributed by atoms with Crippen molar-refractivity contribution >= 4 is 28.2 Å². The number of aliphatic hydroxyl groups is 1. The maximum Gasteiger partial charge on any atom is 0.295 e. The highest BCUT2D eigenvalue weighted by atomic mass is 16.5. The first-order valence-corrected chi connectivity index (χ1v) is 9.29. The van der Waals surface area contributed by atoms with Gasteiger partial charge in [0.15, 0.2) is 0 Å². The number of fused-ring (bicyclic) bond motifs is 1. The van der Waals surface area contributed by atoms with Crippen molar-refractivity contribution in [3.05, 3.63) is 83.7 Å². The lowest BCUT2D eigenvalue weighted by Crippen LogP contribution is -2.32. The van der Waals surface area contributed by atoms with E-state index in [0.717, 1.165) is 10.8 Å². The Kier molecular flexibility index (Phi) is 5.10. The Morgan fingerprint density at radius 2 is 1.79 bits per heavy atom. The van der Waals surface area contributed by atoms with Gasteiger partial charge in [-0.25, -0.2) is 0 Å². The normalized spacial score (nSPS) is 18.5. The predicted molar refractivity (Wildman–Crippen MR) is 109 cm³/mol. The third kappa shape index (κ3) is 3.28. The van der Waals surface area contributed by atoms with Crippen molar-refractivity contribution in [2.45, 2.75) is 6.04 Å². The zero-order valence-electron chi connectivity index (χ0n) is 15.9. The zero-order valence-corrected chi connectivity index (χ0v) is 15.9. The predicted octanol–water partition coefficient (Wildman–Crippen LogP) is 3.30. The molecule has 0 spiro atoms. The molecule has 0 saturated carbocycles. The highest BCUT2D eigenvalue weighted by molar-refractivity contribution is 6.46. The molecule has 2 aromatic carbocycles. The maximum absolute atomic E-state index is 12.9. The van der Waals surface area contributed by atoms with E-state index < -0.39 is 17.7 Å². The van der Waals surface area contributed by atoms with Crippen LogP contribution in [0.25, 0.3) is 16.5 Å². The van der Waals surface area contributed by atoms with Crippen molar-refractivity contribution in [2.24, 2.45) is 0 Å². The number of likely N-dealkylation sites (tertiary alicyclic amines) is 1. The van der Waals surface area contributed by atoms with Crippen molar-refractivity contribution in [1.29, 1.82) is 0 Å². The molecule has 0 radical (unpaired) electrons. The number of hydrogen-bond acceptors (Lipinski definition) is 5. The average Bonchev–Trinajstić information content (AvgIpc) is 3.02. The molecule has 1 aliphatic heterocycles. The SMILES string of the molecule is COCCN1C(=O)C(=O)/C(=C(\O)c2cccc3ccccc23)C1c1ccncc1. The van der Waals surface area contributed by atoms with Gasteiger partial charge in [0, 0.05) is 31.6 Å². The molecule has 4 rings (SSSR count). The number of carbonyl (C=O) groups excluding carboxylic acids is 2. The fraction of sp³-hybridized carbons (Fsp3) is 0.174. The molecule has 1 atom stereocenters. The number of ketones is 1. The number of pyridine rings is 1. The summed E-state index contributed by atoms with van der Waals surface area (Å²) in [5.41, 5.74) is 1.30. The molecule has 1 saturated heterocycles. The molecule has 146 valence electrons. The Morgan fingerprint density at radius 1 is 1.07 bits per heavy atom. The van der Waals surface area contributed by atoms with Gasteiger partial charge < -0.3 is 14.7 Å². The number of carbonyl (C=O) groups is 2. The highest BCUT2D eigenvalue weighted by Crippen LogP contribution is 2.40. The summed E-state index contributed by atoms with van der Waals surface area (Å²) in [6.45, 7) is 0.517. The molecule has 3 aromatic rings. The van der Waals surface area contributed by atoms with Crippen LogP contribution in [0, 0.1) is 0 Å². The number of rotatable bonds is 5. The first kappa shape index (κ1) is 18.8. The number of aromatic nitrogens is 1. The number of hydrogen-bond donors (Lipinski definition) is 1. The van der Waals surface area contributed by atoms with Gasteiger partial charge in [-0.2, -0.15) is 0 Å². The Morgan fingerprint density at radius 3 is 2.55 bits per heavy atom. The molecule has 1 unspecified atom stereocenters. The van der Waals surface area contributed by atoms with E-state index in [9.17, 15) is 14.7 Å². The smallest absolute Gasteiger partial charge is 0.295 e. The second-order valence-corrected chi connectivity index (χ2v) is 6.79. The van der Waals surface area contributed by atoms with Crippen molar-refractivity contribution < 1.29 is 19.4 Å². The highest BCUT2D eigenvalue weighted by Gasteiger charge is 2.45. The standard InChI is InChI=1S/C23H20N2O4/c1-29-14-13-25-20(16-9-11-24-12-10-16)19(22(27)23(25)28)21(26)18-8-4-6-15-5-2-3-7-17(15)18/h2-12,20,26H,13-14H2,1H3/b21-19-. The van der Waals surface area contributed by atoms with E-state index >= 15 is 0 Å². The fourth-order valence-electron chi connectivity index (χ4n) is 3.77. The molecule has 0 aliphatic carbocycles. The van der Waals surface area contributed by atoms with Crippen molar-refractivity contribution in [3.8, 4) is 0 Å². The maximum atomic E-state index is 12.9. The molecule has 1 aliphatic rings. The molecule has 1 fully saturated rings. The number of benzene rings is 2. The third-order valence-electron chi connectivity index (χ3n) is 5.14. The summed E-state index contributed by atoms with van der Waals surface area (Å²) in [6, 6.07) is 15.9. The van der Waals surface area contributed by atoms with Crippen LogP contribution in [0.3, 0.4) is 0 Å². The van der Waals surface area contributed by atoms with E-state index in [1.165, 1.54) is 12.0 Å². The molecule has 0 bridgehead atoms. The molecule has 29 heavy (non-hydrogen) atoms. The lowest BCUT2D eigenvalue weighted by atomic mass is 9.94.